The molecule has 12 nitrogen and oxygen atoms in total. The van der Waals surface area contributed by atoms with Crippen LogP contribution in [0.3, 0.4) is 0 Å². The quantitative estimate of drug-likeness (QED) is 0.214. The molecule has 4 N–H and O–H groups in total. The van der Waals surface area contributed by atoms with Gasteiger partial charge in [0, 0.05) is 44.4 Å². The Bertz CT molecular complexity index is 811. The van der Waals surface area contributed by atoms with Crippen LogP contribution in [0.1, 0.15) is 73.1 Å². The maximum atomic E-state index is 12.3. The predicted octanol–water partition coefficient (Wildman–Crippen LogP) is 0.337. The molecule has 1 heterocycles. The first kappa shape index (κ1) is 31.0. The van der Waals surface area contributed by atoms with Crippen molar-refractivity contribution in [1.82, 2.24) is 20.9 Å². The average Bonchev–Trinajstić information content (AvgIpc) is 3.09. The Kier molecular flexibility index (Phi) is 12.5. The summed E-state index contributed by atoms with van der Waals surface area (Å²) in [6, 6.07) is -0.834. The number of hydrogen-bond donors (Lipinski definition) is 4. The maximum absolute atomic E-state index is 12.3. The molecule has 0 saturated carbocycles. The van der Waals surface area contributed by atoms with Crippen LogP contribution in [0.2, 0.25) is 0 Å². The second kappa shape index (κ2) is 14.5. The second-order valence-corrected chi connectivity index (χ2v) is 9.99. The van der Waals surface area contributed by atoms with Crippen molar-refractivity contribution in [1.29, 1.82) is 0 Å². The van der Waals surface area contributed by atoms with Crippen molar-refractivity contribution in [3.05, 3.63) is 0 Å². The minimum Gasteiger partial charge on any atom is -0.480 e. The molecule has 0 spiro atoms. The first-order valence-corrected chi connectivity index (χ1v) is 12.3. The van der Waals surface area contributed by atoms with Gasteiger partial charge < -0.3 is 25.8 Å². The van der Waals surface area contributed by atoms with Gasteiger partial charge in [-0.1, -0.05) is 13.8 Å². The van der Waals surface area contributed by atoms with Crippen molar-refractivity contribution in [2.45, 2.75) is 90.8 Å². The maximum Gasteiger partial charge on any atom is 0.322 e. The van der Waals surface area contributed by atoms with Crippen molar-refractivity contribution in [3.63, 3.8) is 0 Å². The fourth-order valence-electron chi connectivity index (χ4n) is 3.57. The van der Waals surface area contributed by atoms with E-state index in [1.165, 1.54) is 0 Å². The van der Waals surface area contributed by atoms with Crippen LogP contribution in [0.25, 0.3) is 0 Å². The largest absolute Gasteiger partial charge is 0.480 e. The number of carboxylic acids is 1. The number of hydrogen-bond acceptors (Lipinski definition) is 7. The van der Waals surface area contributed by atoms with Gasteiger partial charge in [0.1, 0.15) is 12.6 Å². The number of carboxylic acid groups (broad SMARTS) is 1. The molecule has 0 radical (unpaired) electrons. The molecule has 12 heteroatoms. The van der Waals surface area contributed by atoms with Gasteiger partial charge in [0.2, 0.25) is 29.5 Å². The Balaban J connectivity index is 2.33. The highest BCUT2D eigenvalue weighted by atomic mass is 16.5. The standard InChI is InChI=1S/C24H40N4O8/c1-15(2)22(23(35)25-14-21(33)34)26-17(29)7-6-16(3)36-13-11-24(4,5)27-18(30)10-12-28-19(31)8-9-20(28)32/h15-16,22H,6-14H2,1-5H3,(H,25,35)(H,26,29)(H,27,30)(H,33,34). The van der Waals surface area contributed by atoms with Crippen molar-refractivity contribution in [3.8, 4) is 0 Å². The molecule has 1 aliphatic rings. The van der Waals surface area contributed by atoms with Crippen LogP contribution < -0.4 is 16.0 Å². The van der Waals surface area contributed by atoms with Crippen LogP contribution in [0.5, 0.6) is 0 Å². The highest BCUT2D eigenvalue weighted by Gasteiger charge is 2.30. The summed E-state index contributed by atoms with van der Waals surface area (Å²) < 4.78 is 5.77. The van der Waals surface area contributed by atoms with Crippen LogP contribution in [0.4, 0.5) is 0 Å². The molecular weight excluding hydrogens is 472 g/mol. The van der Waals surface area contributed by atoms with E-state index in [4.69, 9.17) is 9.84 Å². The fourth-order valence-corrected chi connectivity index (χ4v) is 3.57. The topological polar surface area (TPSA) is 171 Å². The molecule has 0 aliphatic carbocycles. The number of imide groups is 1. The second-order valence-electron chi connectivity index (χ2n) is 9.99. The van der Waals surface area contributed by atoms with Crippen molar-refractivity contribution in [2.24, 2.45) is 5.92 Å². The van der Waals surface area contributed by atoms with E-state index in [0.29, 0.717) is 19.4 Å². The van der Waals surface area contributed by atoms with E-state index in [2.05, 4.69) is 16.0 Å². The third kappa shape index (κ3) is 11.6. The first-order valence-electron chi connectivity index (χ1n) is 12.3. The van der Waals surface area contributed by atoms with Gasteiger partial charge >= 0.3 is 5.97 Å². The molecule has 1 saturated heterocycles. The zero-order chi connectivity index (χ0) is 27.5. The lowest BCUT2D eigenvalue weighted by molar-refractivity contribution is -0.139. The molecule has 2 unspecified atom stereocenters. The molecule has 0 aromatic heterocycles. The van der Waals surface area contributed by atoms with E-state index in [1.54, 1.807) is 13.8 Å². The SMILES string of the molecule is CC(CCC(=O)NC(C(=O)NCC(=O)O)C(C)C)OCCC(C)(C)NC(=O)CCN1C(=O)CCC1=O. The molecule has 204 valence electrons. The number of nitrogens with zero attached hydrogens (tertiary/aromatic N) is 1. The molecule has 0 bridgehead atoms. The zero-order valence-corrected chi connectivity index (χ0v) is 21.8. The molecule has 0 aromatic rings. The van der Waals surface area contributed by atoms with Crippen LogP contribution >= 0.6 is 0 Å². The summed E-state index contributed by atoms with van der Waals surface area (Å²) in [5, 5.41) is 16.5. The summed E-state index contributed by atoms with van der Waals surface area (Å²) in [5.74, 6) is -3.02. The van der Waals surface area contributed by atoms with E-state index in [-0.39, 0.29) is 67.9 Å². The van der Waals surface area contributed by atoms with Crippen molar-refractivity contribution < 1.29 is 38.6 Å². The Morgan fingerprint density at radius 3 is 2.19 bits per heavy atom. The third-order valence-electron chi connectivity index (χ3n) is 5.78. The summed E-state index contributed by atoms with van der Waals surface area (Å²) in [5.41, 5.74) is -0.568. The molecule has 1 fully saturated rings. The summed E-state index contributed by atoms with van der Waals surface area (Å²) in [7, 11) is 0. The minimum absolute atomic E-state index is 0.0407. The van der Waals surface area contributed by atoms with E-state index in [1.807, 2.05) is 20.8 Å². The highest BCUT2D eigenvalue weighted by Crippen LogP contribution is 2.14. The predicted molar refractivity (Wildman–Crippen MR) is 129 cm³/mol. The number of nitrogens with one attached hydrogen (secondary N) is 3. The highest BCUT2D eigenvalue weighted by molar-refractivity contribution is 6.02. The Hall–Kier alpha value is -3.02. The van der Waals surface area contributed by atoms with E-state index in [9.17, 15) is 28.8 Å². The van der Waals surface area contributed by atoms with Gasteiger partial charge in [-0.05, 0) is 39.5 Å². The molecule has 2 atom stereocenters. The number of carbonyl (C=O) groups is 6. The number of aliphatic carboxylic acids is 1. The Morgan fingerprint density at radius 1 is 1.03 bits per heavy atom. The van der Waals surface area contributed by atoms with Gasteiger partial charge in [0.15, 0.2) is 0 Å². The van der Waals surface area contributed by atoms with E-state index in [0.717, 1.165) is 4.90 Å². The normalized spacial score (nSPS) is 15.6. The van der Waals surface area contributed by atoms with Gasteiger partial charge in [0.25, 0.3) is 0 Å². The fraction of sp³-hybridized carbons (Fsp3) is 0.750. The summed E-state index contributed by atoms with van der Waals surface area (Å²) in [6.07, 6.45) is 1.25. The first-order chi connectivity index (χ1) is 16.7. The molecular formula is C24H40N4O8. The van der Waals surface area contributed by atoms with Crippen LogP contribution in [0.15, 0.2) is 0 Å². The van der Waals surface area contributed by atoms with Gasteiger partial charge in [-0.3, -0.25) is 33.7 Å². The Labute approximate surface area is 211 Å². The van der Waals surface area contributed by atoms with E-state index >= 15 is 0 Å². The average molecular weight is 513 g/mol. The summed E-state index contributed by atoms with van der Waals surface area (Å²) in [4.78, 5) is 71.7. The summed E-state index contributed by atoms with van der Waals surface area (Å²) >= 11 is 0. The lowest BCUT2D eigenvalue weighted by atomic mass is 10.0. The minimum atomic E-state index is -1.17. The summed E-state index contributed by atoms with van der Waals surface area (Å²) in [6.45, 7) is 8.92. The number of likely N-dealkylation sites (tertiary alicyclic amines) is 1. The molecule has 36 heavy (non-hydrogen) atoms. The van der Waals surface area contributed by atoms with Crippen LogP contribution in [-0.4, -0.2) is 82.9 Å². The third-order valence-corrected chi connectivity index (χ3v) is 5.78. The number of carbonyl (C=O) groups excluding carboxylic acids is 5. The van der Waals surface area contributed by atoms with Crippen LogP contribution in [0, 0.1) is 5.92 Å². The van der Waals surface area contributed by atoms with Gasteiger partial charge in [0.05, 0.1) is 6.10 Å². The molecule has 5 amide bonds. The van der Waals surface area contributed by atoms with Crippen molar-refractivity contribution >= 4 is 35.5 Å². The molecule has 1 aliphatic heterocycles. The number of ether oxygens (including phenoxy) is 1. The monoisotopic (exact) mass is 512 g/mol. The van der Waals surface area contributed by atoms with Crippen LogP contribution in [-0.2, 0) is 33.5 Å². The van der Waals surface area contributed by atoms with Gasteiger partial charge in [-0.25, -0.2) is 0 Å². The van der Waals surface area contributed by atoms with Gasteiger partial charge in [-0.15, -0.1) is 0 Å². The number of amides is 5. The molecule has 0 aromatic carbocycles. The lowest BCUT2D eigenvalue weighted by Crippen LogP contribution is -2.50. The smallest absolute Gasteiger partial charge is 0.322 e. The Morgan fingerprint density at radius 2 is 1.64 bits per heavy atom. The van der Waals surface area contributed by atoms with E-state index < -0.39 is 30.0 Å². The van der Waals surface area contributed by atoms with Crippen molar-refractivity contribution in [2.75, 3.05) is 19.7 Å². The molecule has 1 rings (SSSR count). The van der Waals surface area contributed by atoms with Gasteiger partial charge in [-0.2, -0.15) is 0 Å². The lowest BCUT2D eigenvalue weighted by Gasteiger charge is -2.27. The zero-order valence-electron chi connectivity index (χ0n) is 21.8. The number of rotatable bonds is 16.